The molecule has 0 unspecified atom stereocenters. The molecule has 0 spiro atoms. The largest absolute Gasteiger partial charge is 0.464 e. The fourth-order valence-electron chi connectivity index (χ4n) is 0.371. The first-order chi connectivity index (χ1) is 5.20. The summed E-state index contributed by atoms with van der Waals surface area (Å²) in [6.07, 6.45) is 0. The van der Waals surface area contributed by atoms with Gasteiger partial charge in [-0.25, -0.2) is 0 Å². The lowest BCUT2D eigenvalue weighted by atomic mass is 10.7. The van der Waals surface area contributed by atoms with Crippen LogP contribution in [0.1, 0.15) is 0 Å². The highest BCUT2D eigenvalue weighted by Gasteiger charge is 2.01. The van der Waals surface area contributed by atoms with Crippen molar-refractivity contribution in [2.75, 3.05) is 19.7 Å². The van der Waals surface area contributed by atoms with Crippen molar-refractivity contribution in [3.63, 3.8) is 0 Å². The van der Waals surface area contributed by atoms with Crippen LogP contribution in [0.5, 0.6) is 0 Å². The van der Waals surface area contributed by atoms with Gasteiger partial charge in [0.15, 0.2) is 0 Å². The van der Waals surface area contributed by atoms with Crippen molar-refractivity contribution in [2.45, 2.75) is 0 Å². The van der Waals surface area contributed by atoms with Crippen molar-refractivity contribution in [3.8, 4) is 0 Å². The van der Waals surface area contributed by atoms with E-state index >= 15 is 0 Å². The predicted molar refractivity (Wildman–Crippen MR) is 39.3 cm³/mol. The van der Waals surface area contributed by atoms with Gasteiger partial charge in [0.1, 0.15) is 6.61 Å². The second kappa shape index (κ2) is 5.70. The van der Waals surface area contributed by atoms with Crippen molar-refractivity contribution >= 4 is 5.97 Å². The number of carbonyl (C=O) groups excluding carboxylic acids is 1. The van der Waals surface area contributed by atoms with E-state index in [9.17, 15) is 4.79 Å². The van der Waals surface area contributed by atoms with Crippen LogP contribution in [0.2, 0.25) is 0 Å². The lowest BCUT2D eigenvalue weighted by molar-refractivity contribution is -0.143. The maximum absolute atomic E-state index is 10.5. The first kappa shape index (κ1) is 9.93. The van der Waals surface area contributed by atoms with Gasteiger partial charge in [0, 0.05) is 6.54 Å². The van der Waals surface area contributed by atoms with Crippen molar-refractivity contribution in [3.05, 3.63) is 12.5 Å². The van der Waals surface area contributed by atoms with E-state index in [0.29, 0.717) is 6.54 Å². The van der Waals surface area contributed by atoms with Crippen LogP contribution in [0.4, 0.5) is 0 Å². The van der Waals surface area contributed by atoms with Crippen LogP contribution in [0.3, 0.4) is 0 Å². The molecule has 0 heterocycles. The molecule has 64 valence electrons. The Kier molecular flexibility index (Phi) is 5.14. The molecule has 0 aliphatic rings. The second-order valence-corrected chi connectivity index (χ2v) is 1.69. The van der Waals surface area contributed by atoms with Gasteiger partial charge in [0.2, 0.25) is 0 Å². The molecule has 0 fully saturated rings. The van der Waals surface area contributed by atoms with E-state index in [1.54, 1.807) is 0 Å². The zero-order valence-corrected chi connectivity index (χ0v) is 6.21. The molecule has 5 heteroatoms. The maximum Gasteiger partial charge on any atom is 0.327 e. The molecule has 0 saturated heterocycles. The van der Waals surface area contributed by atoms with E-state index < -0.39 is 5.97 Å². The molecule has 0 atom stereocenters. The molecule has 0 aromatic carbocycles. The van der Waals surface area contributed by atoms with E-state index in [4.69, 9.17) is 16.2 Å². The molecule has 0 radical (unpaired) electrons. The van der Waals surface area contributed by atoms with Crippen molar-refractivity contribution in [1.82, 2.24) is 0 Å². The van der Waals surface area contributed by atoms with Gasteiger partial charge in [-0.3, -0.25) is 4.79 Å². The highest BCUT2D eigenvalue weighted by Crippen LogP contribution is 1.94. The summed E-state index contributed by atoms with van der Waals surface area (Å²) in [5.41, 5.74) is 10.1. The van der Waals surface area contributed by atoms with E-state index in [-0.39, 0.29) is 19.1 Å². The molecule has 0 aromatic rings. The summed E-state index contributed by atoms with van der Waals surface area (Å²) in [4.78, 5) is 10.5. The number of carbonyl (C=O) groups is 1. The first-order valence-electron chi connectivity index (χ1n) is 3.13. The van der Waals surface area contributed by atoms with Crippen molar-refractivity contribution in [1.29, 1.82) is 0 Å². The number of ether oxygens (including phenoxy) is 2. The van der Waals surface area contributed by atoms with Crippen LogP contribution in [-0.4, -0.2) is 25.7 Å². The minimum Gasteiger partial charge on any atom is -0.464 e. The van der Waals surface area contributed by atoms with Gasteiger partial charge in [0.25, 0.3) is 5.95 Å². The van der Waals surface area contributed by atoms with Gasteiger partial charge in [-0.15, -0.1) is 0 Å². The van der Waals surface area contributed by atoms with Crippen molar-refractivity contribution in [2.24, 2.45) is 11.5 Å². The smallest absolute Gasteiger partial charge is 0.327 e. The summed E-state index contributed by atoms with van der Waals surface area (Å²) < 4.78 is 9.21. The number of esters is 1. The average Bonchev–Trinajstić information content (AvgIpc) is 2.00. The third-order valence-electron chi connectivity index (χ3n) is 0.775. The third-order valence-corrected chi connectivity index (χ3v) is 0.775. The van der Waals surface area contributed by atoms with E-state index in [1.807, 2.05) is 0 Å². The Labute approximate surface area is 64.9 Å². The zero-order valence-electron chi connectivity index (χ0n) is 6.21. The molecule has 0 aliphatic carbocycles. The Morgan fingerprint density at radius 1 is 1.45 bits per heavy atom. The zero-order chi connectivity index (χ0) is 8.69. The van der Waals surface area contributed by atoms with Crippen LogP contribution in [0.25, 0.3) is 0 Å². The van der Waals surface area contributed by atoms with Gasteiger partial charge in [-0.2, -0.15) is 0 Å². The van der Waals surface area contributed by atoms with E-state index in [0.717, 1.165) is 0 Å². The quantitative estimate of drug-likeness (QED) is 0.395. The normalized spacial score (nSPS) is 8.91. The van der Waals surface area contributed by atoms with Crippen LogP contribution < -0.4 is 11.5 Å². The summed E-state index contributed by atoms with van der Waals surface area (Å²) in [6, 6.07) is 0. The number of nitrogens with two attached hydrogens (primary N) is 2. The Morgan fingerprint density at radius 3 is 2.55 bits per heavy atom. The number of rotatable bonds is 5. The summed E-state index contributed by atoms with van der Waals surface area (Å²) in [5.74, 6) is -0.641. The molecule has 0 amide bonds. The molecule has 5 nitrogen and oxygen atoms in total. The third kappa shape index (κ3) is 5.38. The topological polar surface area (TPSA) is 87.6 Å². The summed E-state index contributed by atoms with van der Waals surface area (Å²) in [5, 5.41) is 0. The van der Waals surface area contributed by atoms with Gasteiger partial charge >= 0.3 is 5.97 Å². The van der Waals surface area contributed by atoms with Crippen LogP contribution in [0.15, 0.2) is 12.5 Å². The molecular formula is C6H12N2O3. The summed E-state index contributed by atoms with van der Waals surface area (Å²) >= 11 is 0. The fourth-order valence-corrected chi connectivity index (χ4v) is 0.371. The van der Waals surface area contributed by atoms with Gasteiger partial charge in [-0.05, 0) is 6.58 Å². The molecule has 0 aromatic heterocycles. The molecular weight excluding hydrogens is 148 g/mol. The van der Waals surface area contributed by atoms with Gasteiger partial charge in [-0.1, -0.05) is 0 Å². The second-order valence-electron chi connectivity index (χ2n) is 1.69. The Morgan fingerprint density at radius 2 is 2.09 bits per heavy atom. The molecule has 0 bridgehead atoms. The highest BCUT2D eigenvalue weighted by molar-refractivity contribution is 5.72. The summed E-state index contributed by atoms with van der Waals surface area (Å²) in [6.45, 7) is 3.74. The lowest BCUT2D eigenvalue weighted by Crippen LogP contribution is -2.18. The monoisotopic (exact) mass is 160 g/mol. The van der Waals surface area contributed by atoms with Gasteiger partial charge in [0.05, 0.1) is 6.54 Å². The van der Waals surface area contributed by atoms with Gasteiger partial charge < -0.3 is 20.9 Å². The first-order valence-corrected chi connectivity index (χ1v) is 3.13. The minimum absolute atomic E-state index is 0.0640. The summed E-state index contributed by atoms with van der Waals surface area (Å²) in [7, 11) is 0. The SMILES string of the molecule is C=C(OCCN)OC(=O)CN. The minimum atomic E-state index is -0.577. The number of hydrogen-bond donors (Lipinski definition) is 2. The average molecular weight is 160 g/mol. The van der Waals surface area contributed by atoms with E-state index in [2.05, 4.69) is 11.3 Å². The fraction of sp³-hybridized carbons (Fsp3) is 0.500. The lowest BCUT2D eigenvalue weighted by Gasteiger charge is -2.06. The predicted octanol–water partition coefficient (Wildman–Crippen LogP) is -1.07. The Balaban J connectivity index is 3.44. The molecule has 11 heavy (non-hydrogen) atoms. The van der Waals surface area contributed by atoms with Crippen LogP contribution in [-0.2, 0) is 14.3 Å². The standard InChI is InChI=1S/C6H12N2O3/c1-5(10-3-2-7)11-6(9)4-8/h1-4,7-8H2. The van der Waals surface area contributed by atoms with Crippen molar-refractivity contribution < 1.29 is 14.3 Å². The molecule has 0 rings (SSSR count). The Hall–Kier alpha value is -1.07. The molecule has 0 aliphatic heterocycles. The molecule has 0 saturated carbocycles. The van der Waals surface area contributed by atoms with Crippen LogP contribution >= 0.6 is 0 Å². The maximum atomic E-state index is 10.5. The number of hydrogen-bond acceptors (Lipinski definition) is 5. The van der Waals surface area contributed by atoms with Crippen LogP contribution in [0, 0.1) is 0 Å². The molecule has 4 N–H and O–H groups in total. The highest BCUT2D eigenvalue weighted by atomic mass is 16.7. The Bertz CT molecular complexity index is 147. The van der Waals surface area contributed by atoms with E-state index in [1.165, 1.54) is 0 Å².